The normalized spacial score (nSPS) is 14.6. The zero-order valence-corrected chi connectivity index (χ0v) is 25.1. The number of hydrogen-bond acceptors (Lipinski definition) is 8. The highest BCUT2D eigenvalue weighted by molar-refractivity contribution is 7.91. The Balaban J connectivity index is 1.41. The molecule has 2 heterocycles. The minimum atomic E-state index is -3.03. The number of nitrogens with zero attached hydrogens (tertiary/aromatic N) is 4. The van der Waals surface area contributed by atoms with E-state index in [9.17, 15) is 13.7 Å². The largest absolute Gasteiger partial charge is 0.489 e. The monoisotopic (exact) mass is 602 g/mol. The second-order valence-corrected chi connectivity index (χ2v) is 13.4. The smallest absolute Gasteiger partial charge is 0.225 e. The van der Waals surface area contributed by atoms with Crippen LogP contribution in [0, 0.1) is 11.3 Å². The Labute approximate surface area is 245 Å². The minimum absolute atomic E-state index is 0.264. The Morgan fingerprint density at radius 1 is 1.10 bits per heavy atom. The lowest BCUT2D eigenvalue weighted by atomic mass is 9.77. The van der Waals surface area contributed by atoms with Crippen molar-refractivity contribution in [3.8, 4) is 17.6 Å². The molecular formula is C29H32Cl2N4O4S. The number of alkyl halides is 1. The van der Waals surface area contributed by atoms with Gasteiger partial charge in [-0.1, -0.05) is 37.6 Å². The highest BCUT2D eigenvalue weighted by atomic mass is 35.5. The summed E-state index contributed by atoms with van der Waals surface area (Å²) in [5, 5.41) is 9.72. The first kappa shape index (κ1) is 29.9. The molecule has 2 aromatic carbocycles. The van der Waals surface area contributed by atoms with Gasteiger partial charge >= 0.3 is 0 Å². The Kier molecular flexibility index (Phi) is 9.44. The maximum absolute atomic E-state index is 11.8. The Morgan fingerprint density at radius 3 is 2.42 bits per heavy atom. The second-order valence-electron chi connectivity index (χ2n) is 10.3. The fraction of sp³-hybridized carbons (Fsp3) is 0.414. The van der Waals surface area contributed by atoms with E-state index in [1.807, 2.05) is 35.2 Å². The Morgan fingerprint density at radius 2 is 1.80 bits per heavy atom. The summed E-state index contributed by atoms with van der Waals surface area (Å²) in [5.74, 6) is 1.92. The highest BCUT2D eigenvalue weighted by Crippen LogP contribution is 2.38. The molecule has 3 aromatic rings. The van der Waals surface area contributed by atoms with Gasteiger partial charge in [0, 0.05) is 31.0 Å². The Hall–Kier alpha value is -3.06. The second kappa shape index (κ2) is 12.6. The van der Waals surface area contributed by atoms with E-state index < -0.39 is 15.3 Å². The van der Waals surface area contributed by atoms with Crippen molar-refractivity contribution >= 4 is 39.0 Å². The van der Waals surface area contributed by atoms with Crippen molar-refractivity contribution in [2.45, 2.75) is 44.0 Å². The van der Waals surface area contributed by atoms with E-state index >= 15 is 0 Å². The summed E-state index contributed by atoms with van der Waals surface area (Å²) in [6, 6.07) is 15.4. The quantitative estimate of drug-likeness (QED) is 0.279. The van der Waals surface area contributed by atoms with Gasteiger partial charge in [0.2, 0.25) is 5.95 Å². The molecule has 0 N–H and O–H groups in total. The van der Waals surface area contributed by atoms with Crippen LogP contribution >= 0.6 is 23.2 Å². The highest BCUT2D eigenvalue weighted by Gasteiger charge is 2.28. The number of hydrogen-bond donors (Lipinski definition) is 0. The van der Waals surface area contributed by atoms with Crippen LogP contribution < -0.4 is 14.4 Å². The number of benzene rings is 2. The molecule has 0 spiro atoms. The average molecular weight is 604 g/mol. The lowest BCUT2D eigenvalue weighted by molar-refractivity contribution is 0.301. The van der Waals surface area contributed by atoms with Crippen LogP contribution in [0.15, 0.2) is 48.7 Å². The van der Waals surface area contributed by atoms with Gasteiger partial charge in [0.25, 0.3) is 0 Å². The van der Waals surface area contributed by atoms with E-state index in [2.05, 4.69) is 29.9 Å². The number of piperidine rings is 1. The molecule has 0 amide bonds. The third-order valence-corrected chi connectivity index (χ3v) is 9.32. The molecule has 1 aliphatic rings. The van der Waals surface area contributed by atoms with Crippen molar-refractivity contribution in [2.75, 3.05) is 36.7 Å². The van der Waals surface area contributed by atoms with Crippen LogP contribution in [0.25, 0.3) is 0 Å². The lowest BCUT2D eigenvalue weighted by Gasteiger charge is -2.31. The van der Waals surface area contributed by atoms with Gasteiger partial charge in [0.15, 0.2) is 5.75 Å². The zero-order valence-electron chi connectivity index (χ0n) is 22.7. The number of halogens is 2. The SMILES string of the molecule is CC(C)(c1ccc(OCc2ccnc(N3CCC(S(C)(=O)=O)CC3)n2)cc1)c1cc(Cl)c(OCCCl)c(C#N)c1. The predicted octanol–water partition coefficient (Wildman–Crippen LogP) is 5.54. The molecule has 1 aliphatic heterocycles. The number of ether oxygens (including phenoxy) is 2. The summed E-state index contributed by atoms with van der Waals surface area (Å²) in [6.07, 6.45) is 4.14. The number of sulfone groups is 1. The number of nitriles is 1. The van der Waals surface area contributed by atoms with Crippen LogP contribution in [0.5, 0.6) is 11.5 Å². The Bertz CT molecular complexity index is 1480. The van der Waals surface area contributed by atoms with Crippen LogP contribution in [-0.2, 0) is 21.9 Å². The van der Waals surface area contributed by atoms with E-state index in [0.717, 1.165) is 16.8 Å². The first-order chi connectivity index (χ1) is 19.0. The molecule has 0 atom stereocenters. The van der Waals surface area contributed by atoms with Gasteiger partial charge in [-0.25, -0.2) is 18.4 Å². The van der Waals surface area contributed by atoms with Crippen molar-refractivity contribution in [2.24, 2.45) is 0 Å². The van der Waals surface area contributed by atoms with Gasteiger partial charge in [-0.3, -0.25) is 0 Å². The van der Waals surface area contributed by atoms with E-state index in [-0.39, 0.29) is 18.5 Å². The van der Waals surface area contributed by atoms with Crippen molar-refractivity contribution in [3.05, 3.63) is 76.1 Å². The van der Waals surface area contributed by atoms with Gasteiger partial charge in [0.1, 0.15) is 34.9 Å². The van der Waals surface area contributed by atoms with E-state index in [0.29, 0.717) is 59.8 Å². The molecular weight excluding hydrogens is 571 g/mol. The van der Waals surface area contributed by atoms with Crippen molar-refractivity contribution in [1.29, 1.82) is 5.26 Å². The summed E-state index contributed by atoms with van der Waals surface area (Å²) in [5.41, 5.74) is 2.57. The van der Waals surface area contributed by atoms with Crippen LogP contribution in [0.4, 0.5) is 5.95 Å². The number of aromatic nitrogens is 2. The molecule has 212 valence electrons. The number of anilines is 1. The van der Waals surface area contributed by atoms with Gasteiger partial charge in [0.05, 0.1) is 27.4 Å². The van der Waals surface area contributed by atoms with Crippen LogP contribution in [0.1, 0.15) is 49.1 Å². The third-order valence-electron chi connectivity index (χ3n) is 7.20. The van der Waals surface area contributed by atoms with Crippen LogP contribution in [0.3, 0.4) is 0 Å². The predicted molar refractivity (Wildman–Crippen MR) is 157 cm³/mol. The summed E-state index contributed by atoms with van der Waals surface area (Å²) >= 11 is 12.2. The van der Waals surface area contributed by atoms with Crippen LogP contribution in [-0.4, -0.2) is 55.5 Å². The molecule has 8 nitrogen and oxygen atoms in total. The molecule has 0 aliphatic carbocycles. The summed E-state index contributed by atoms with van der Waals surface area (Å²) < 4.78 is 35.3. The molecule has 40 heavy (non-hydrogen) atoms. The standard InChI is InChI=1S/C29H32Cl2N4O4S/c1-29(2,22-16-20(18-32)27(26(31)17-22)38-15-11-30)21-4-6-24(7-5-21)39-19-23-8-12-33-28(34-23)35-13-9-25(10-14-35)40(3,36)37/h4-8,12,16-17,25H,9-11,13-15,19H2,1-3H3. The van der Waals surface area contributed by atoms with E-state index in [4.69, 9.17) is 32.7 Å². The van der Waals surface area contributed by atoms with Crippen molar-refractivity contribution in [3.63, 3.8) is 0 Å². The molecule has 0 unspecified atom stereocenters. The van der Waals surface area contributed by atoms with Gasteiger partial charge in [-0.15, -0.1) is 11.6 Å². The molecule has 0 bridgehead atoms. The molecule has 0 radical (unpaired) electrons. The van der Waals surface area contributed by atoms with E-state index in [1.165, 1.54) is 6.26 Å². The molecule has 1 saturated heterocycles. The maximum atomic E-state index is 11.8. The third kappa shape index (κ3) is 6.98. The summed E-state index contributed by atoms with van der Waals surface area (Å²) in [4.78, 5) is 11.0. The number of rotatable bonds is 10. The first-order valence-electron chi connectivity index (χ1n) is 12.9. The minimum Gasteiger partial charge on any atom is -0.489 e. The summed E-state index contributed by atoms with van der Waals surface area (Å²) in [6.45, 7) is 5.86. The molecule has 4 rings (SSSR count). The fourth-order valence-electron chi connectivity index (χ4n) is 4.72. The zero-order chi connectivity index (χ0) is 28.9. The molecule has 0 saturated carbocycles. The molecule has 1 fully saturated rings. The maximum Gasteiger partial charge on any atom is 0.225 e. The first-order valence-corrected chi connectivity index (χ1v) is 15.8. The van der Waals surface area contributed by atoms with Crippen LogP contribution in [0.2, 0.25) is 5.02 Å². The van der Waals surface area contributed by atoms with Gasteiger partial charge in [-0.2, -0.15) is 5.26 Å². The van der Waals surface area contributed by atoms with Gasteiger partial charge < -0.3 is 14.4 Å². The van der Waals surface area contributed by atoms with Crippen molar-refractivity contribution in [1.82, 2.24) is 9.97 Å². The fourth-order valence-corrected chi connectivity index (χ4v) is 6.14. The lowest BCUT2D eigenvalue weighted by Crippen LogP contribution is -2.39. The average Bonchev–Trinajstić information content (AvgIpc) is 2.95. The molecule has 1 aromatic heterocycles. The summed E-state index contributed by atoms with van der Waals surface area (Å²) in [7, 11) is -3.03. The topological polar surface area (TPSA) is 105 Å². The van der Waals surface area contributed by atoms with Crippen molar-refractivity contribution < 1.29 is 17.9 Å². The van der Waals surface area contributed by atoms with Gasteiger partial charge in [-0.05, 0) is 54.3 Å². The van der Waals surface area contributed by atoms with E-state index in [1.54, 1.807) is 18.3 Å². The molecule has 11 heteroatoms.